The lowest BCUT2D eigenvalue weighted by molar-refractivity contribution is 0.0663. The van der Waals surface area contributed by atoms with Gasteiger partial charge in [0, 0.05) is 6.42 Å². The van der Waals surface area contributed by atoms with Crippen molar-refractivity contribution in [2.75, 3.05) is 0 Å². The first kappa shape index (κ1) is 23.0. The molecule has 3 nitrogen and oxygen atoms in total. The van der Waals surface area contributed by atoms with Crippen molar-refractivity contribution in [3.8, 4) is 0 Å². The Bertz CT molecular complexity index is 805. The molecule has 0 amide bonds. The molecule has 4 aliphatic carbocycles. The number of rotatable bonds is 6. The maximum atomic E-state index is 10.2. The SMILES string of the molecule is C=C1/C(=C\C=C2/CCC[C@]3(C)C(C4(CCCC(C)(C)O)CC4)=CCC23)CC(O)C[C@@H]1O. The predicted octanol–water partition coefficient (Wildman–Crippen LogP) is 5.77. The zero-order chi connectivity index (χ0) is 22.4. The summed E-state index contributed by atoms with van der Waals surface area (Å²) in [6.45, 7) is 10.4. The Labute approximate surface area is 188 Å². The number of fused-ring (bicyclic) bond motifs is 1. The van der Waals surface area contributed by atoms with E-state index in [-0.39, 0.29) is 5.41 Å². The van der Waals surface area contributed by atoms with E-state index in [1.807, 2.05) is 13.8 Å². The minimum Gasteiger partial charge on any atom is -0.393 e. The molecule has 2 unspecified atom stereocenters. The van der Waals surface area contributed by atoms with Crippen molar-refractivity contribution < 1.29 is 15.3 Å². The summed E-state index contributed by atoms with van der Waals surface area (Å²) in [6, 6.07) is 0. The quantitative estimate of drug-likeness (QED) is 0.473. The fourth-order valence-corrected chi connectivity index (χ4v) is 6.77. The van der Waals surface area contributed by atoms with E-state index in [0.717, 1.165) is 36.8 Å². The minimum absolute atomic E-state index is 0.260. The van der Waals surface area contributed by atoms with Crippen LogP contribution in [0.4, 0.5) is 0 Å². The number of aliphatic hydroxyl groups is 3. The maximum absolute atomic E-state index is 10.2. The van der Waals surface area contributed by atoms with Gasteiger partial charge in [-0.05, 0) is 106 Å². The molecule has 0 heterocycles. The van der Waals surface area contributed by atoms with Crippen LogP contribution in [-0.2, 0) is 0 Å². The number of hydrogen-bond acceptors (Lipinski definition) is 3. The van der Waals surface area contributed by atoms with Crippen molar-refractivity contribution in [3.63, 3.8) is 0 Å². The van der Waals surface area contributed by atoms with Gasteiger partial charge in [0.2, 0.25) is 0 Å². The summed E-state index contributed by atoms with van der Waals surface area (Å²) in [5.41, 5.74) is 5.11. The molecule has 0 aromatic rings. The molecule has 3 fully saturated rings. The first-order valence-corrected chi connectivity index (χ1v) is 12.4. The molecule has 31 heavy (non-hydrogen) atoms. The topological polar surface area (TPSA) is 60.7 Å². The van der Waals surface area contributed by atoms with Crippen LogP contribution in [0.25, 0.3) is 0 Å². The van der Waals surface area contributed by atoms with Crippen LogP contribution in [0.3, 0.4) is 0 Å². The summed E-state index contributed by atoms with van der Waals surface area (Å²) in [5.74, 6) is 0.576. The lowest BCUT2D eigenvalue weighted by atomic mass is 9.61. The van der Waals surface area contributed by atoms with Crippen LogP contribution in [-0.4, -0.2) is 33.1 Å². The van der Waals surface area contributed by atoms with E-state index < -0.39 is 17.8 Å². The van der Waals surface area contributed by atoms with Crippen LogP contribution >= 0.6 is 0 Å². The average molecular weight is 427 g/mol. The summed E-state index contributed by atoms with van der Waals surface area (Å²) in [5, 5.41) is 30.3. The van der Waals surface area contributed by atoms with Gasteiger partial charge in [-0.2, -0.15) is 0 Å². The molecular weight excluding hydrogens is 384 g/mol. The first-order chi connectivity index (χ1) is 14.5. The first-order valence-electron chi connectivity index (χ1n) is 12.4. The molecule has 0 radical (unpaired) electrons. The molecule has 0 saturated heterocycles. The van der Waals surface area contributed by atoms with Crippen molar-refractivity contribution in [1.82, 2.24) is 0 Å². The van der Waals surface area contributed by atoms with Crippen LogP contribution < -0.4 is 0 Å². The standard InChI is InChI=1S/C28H42O3/c1-19-21(17-22(29)18-24(19)30)9-8-20-7-5-13-27(4)23(20)10-11-25(27)28(15-16-28)14-6-12-26(2,3)31/h8-9,11,22-24,29-31H,1,5-7,10,12-18H2,2-4H3/b20-8+,21-9-/t22?,23?,24-,27-/m0/s1. The van der Waals surface area contributed by atoms with E-state index in [0.29, 0.717) is 24.2 Å². The van der Waals surface area contributed by atoms with Gasteiger partial charge in [0.05, 0.1) is 17.8 Å². The van der Waals surface area contributed by atoms with Gasteiger partial charge in [-0.3, -0.25) is 0 Å². The molecule has 0 spiro atoms. The highest BCUT2D eigenvalue weighted by atomic mass is 16.3. The van der Waals surface area contributed by atoms with E-state index >= 15 is 0 Å². The Balaban J connectivity index is 1.49. The largest absolute Gasteiger partial charge is 0.393 e. The zero-order valence-corrected chi connectivity index (χ0v) is 19.8. The second kappa shape index (κ2) is 8.32. The molecule has 4 aliphatic rings. The highest BCUT2D eigenvalue weighted by molar-refractivity contribution is 5.42. The van der Waals surface area contributed by atoms with E-state index in [1.165, 1.54) is 37.7 Å². The Morgan fingerprint density at radius 3 is 2.61 bits per heavy atom. The summed E-state index contributed by atoms with van der Waals surface area (Å²) in [7, 11) is 0. The van der Waals surface area contributed by atoms with Crippen molar-refractivity contribution >= 4 is 0 Å². The predicted molar refractivity (Wildman–Crippen MR) is 127 cm³/mol. The van der Waals surface area contributed by atoms with Crippen LogP contribution in [0.15, 0.2) is 47.1 Å². The van der Waals surface area contributed by atoms with Crippen molar-refractivity contribution in [2.45, 2.75) is 109 Å². The average Bonchev–Trinajstić information content (AvgIpc) is 3.35. The van der Waals surface area contributed by atoms with Crippen molar-refractivity contribution in [1.29, 1.82) is 0 Å². The molecule has 3 N–H and O–H groups in total. The van der Waals surface area contributed by atoms with Gasteiger partial charge in [-0.25, -0.2) is 0 Å². The lowest BCUT2D eigenvalue weighted by Crippen LogP contribution is -2.33. The highest BCUT2D eigenvalue weighted by Crippen LogP contribution is 2.67. The summed E-state index contributed by atoms with van der Waals surface area (Å²) in [6.07, 6.45) is 17.5. The van der Waals surface area contributed by atoms with Crippen LogP contribution in [0.5, 0.6) is 0 Å². The Morgan fingerprint density at radius 2 is 1.94 bits per heavy atom. The third-order valence-corrected chi connectivity index (χ3v) is 8.68. The minimum atomic E-state index is -0.622. The third kappa shape index (κ3) is 4.65. The summed E-state index contributed by atoms with van der Waals surface area (Å²) >= 11 is 0. The van der Waals surface area contributed by atoms with Gasteiger partial charge < -0.3 is 15.3 Å². The second-order valence-electron chi connectivity index (χ2n) is 11.7. The van der Waals surface area contributed by atoms with Gasteiger partial charge in [0.25, 0.3) is 0 Å². The highest BCUT2D eigenvalue weighted by Gasteiger charge is 2.56. The van der Waals surface area contributed by atoms with Gasteiger partial charge in [0.1, 0.15) is 0 Å². The Morgan fingerprint density at radius 1 is 1.19 bits per heavy atom. The van der Waals surface area contributed by atoms with Crippen molar-refractivity contribution in [2.24, 2.45) is 16.7 Å². The third-order valence-electron chi connectivity index (χ3n) is 8.68. The van der Waals surface area contributed by atoms with Gasteiger partial charge in [0.15, 0.2) is 0 Å². The van der Waals surface area contributed by atoms with E-state index in [2.05, 4.69) is 31.7 Å². The Hall–Kier alpha value is -1.16. The molecule has 3 heteroatoms. The van der Waals surface area contributed by atoms with Crippen LogP contribution in [0, 0.1) is 16.7 Å². The van der Waals surface area contributed by atoms with Crippen LogP contribution in [0.2, 0.25) is 0 Å². The molecule has 172 valence electrons. The maximum Gasteiger partial charge on any atom is 0.0811 e. The van der Waals surface area contributed by atoms with Gasteiger partial charge in [-0.1, -0.05) is 42.9 Å². The smallest absolute Gasteiger partial charge is 0.0811 e. The van der Waals surface area contributed by atoms with E-state index in [1.54, 1.807) is 5.57 Å². The molecular formula is C28H42O3. The molecule has 3 saturated carbocycles. The lowest BCUT2D eigenvalue weighted by Gasteiger charge is -2.43. The van der Waals surface area contributed by atoms with Gasteiger partial charge in [-0.15, -0.1) is 0 Å². The summed E-state index contributed by atoms with van der Waals surface area (Å²) in [4.78, 5) is 0. The molecule has 0 aromatic carbocycles. The van der Waals surface area contributed by atoms with E-state index in [4.69, 9.17) is 0 Å². The van der Waals surface area contributed by atoms with E-state index in [9.17, 15) is 15.3 Å². The monoisotopic (exact) mass is 426 g/mol. The molecule has 4 atom stereocenters. The molecule has 0 aromatic heterocycles. The normalized spacial score (nSPS) is 37.8. The fraction of sp³-hybridized carbons (Fsp3) is 0.714. The Kier molecular flexibility index (Phi) is 6.17. The van der Waals surface area contributed by atoms with Crippen LogP contribution in [0.1, 0.15) is 91.4 Å². The molecule has 0 bridgehead atoms. The summed E-state index contributed by atoms with van der Waals surface area (Å²) < 4.78 is 0. The number of allylic oxidation sites excluding steroid dienone is 5. The second-order valence-corrected chi connectivity index (χ2v) is 11.7. The number of hydrogen-bond donors (Lipinski definition) is 3. The number of aliphatic hydroxyl groups excluding tert-OH is 2. The zero-order valence-electron chi connectivity index (χ0n) is 19.8. The fourth-order valence-electron chi connectivity index (χ4n) is 6.77. The van der Waals surface area contributed by atoms with Gasteiger partial charge >= 0.3 is 0 Å². The van der Waals surface area contributed by atoms with Crippen molar-refractivity contribution in [3.05, 3.63) is 47.1 Å². The molecule has 0 aliphatic heterocycles. The molecule has 4 rings (SSSR count).